The summed E-state index contributed by atoms with van der Waals surface area (Å²) in [5.74, 6) is -0.624. The quantitative estimate of drug-likeness (QED) is 0.560. The van der Waals surface area contributed by atoms with Crippen molar-refractivity contribution in [1.29, 1.82) is 0 Å². The number of anilines is 2. The minimum absolute atomic E-state index is 0.109. The summed E-state index contributed by atoms with van der Waals surface area (Å²) in [5.41, 5.74) is 0.409. The molecule has 3 aromatic rings. The van der Waals surface area contributed by atoms with Gasteiger partial charge >= 0.3 is 6.18 Å². The van der Waals surface area contributed by atoms with Crippen molar-refractivity contribution in [1.82, 2.24) is 14.8 Å². The monoisotopic (exact) mass is 459 g/mol. The van der Waals surface area contributed by atoms with Gasteiger partial charge < -0.3 is 15.0 Å². The molecule has 1 N–H and O–H groups in total. The number of pyridine rings is 1. The Balaban J connectivity index is 1.62. The number of halogens is 3. The summed E-state index contributed by atoms with van der Waals surface area (Å²) in [6.07, 6.45) is 1.68. The lowest BCUT2D eigenvalue weighted by Crippen LogP contribution is -2.19. The first-order chi connectivity index (χ1) is 15.7. The number of nitrogens with zero attached hydrogens (tertiary/aromatic N) is 4. The highest BCUT2D eigenvalue weighted by molar-refractivity contribution is 6.06. The van der Waals surface area contributed by atoms with Crippen molar-refractivity contribution < 1.29 is 22.8 Å². The van der Waals surface area contributed by atoms with Crippen molar-refractivity contribution in [2.75, 3.05) is 24.3 Å². The van der Waals surface area contributed by atoms with E-state index in [1.807, 2.05) is 16.9 Å². The molecule has 1 aliphatic carbocycles. The van der Waals surface area contributed by atoms with E-state index in [0.717, 1.165) is 55.0 Å². The molecule has 1 fully saturated rings. The summed E-state index contributed by atoms with van der Waals surface area (Å²) in [6, 6.07) is 7.01. The van der Waals surface area contributed by atoms with E-state index in [4.69, 9.17) is 5.10 Å². The van der Waals surface area contributed by atoms with Crippen LogP contribution in [-0.2, 0) is 11.0 Å². The summed E-state index contributed by atoms with van der Waals surface area (Å²) < 4.78 is 40.8. The maximum absolute atomic E-state index is 13.0. The molecule has 174 valence electrons. The fourth-order valence-corrected chi connectivity index (χ4v) is 4.14. The van der Waals surface area contributed by atoms with Crippen LogP contribution in [0.2, 0.25) is 0 Å². The largest absolute Gasteiger partial charge is 0.433 e. The molecule has 0 spiro atoms. The first kappa shape index (κ1) is 22.8. The van der Waals surface area contributed by atoms with Crippen LogP contribution in [0.15, 0.2) is 36.5 Å². The molecule has 0 radical (unpaired) electrons. The normalized spacial score (nSPS) is 18.8. The Hall–Kier alpha value is -3.43. The molecule has 7 nitrogen and oxygen atoms in total. The molecule has 2 heterocycles. The molecule has 1 aliphatic rings. The number of benzene rings is 1. The predicted molar refractivity (Wildman–Crippen MR) is 118 cm³/mol. The minimum Gasteiger partial charge on any atom is -0.376 e. The van der Waals surface area contributed by atoms with Crippen LogP contribution in [0, 0.1) is 5.92 Å². The number of amides is 1. The number of carbonyl (C=O) groups is 2. The van der Waals surface area contributed by atoms with Gasteiger partial charge in [0.05, 0.1) is 22.9 Å². The number of aromatic nitrogens is 3. The van der Waals surface area contributed by atoms with E-state index >= 15 is 0 Å². The SMILES string of the molecule is CN(C)c1cc2nn(C3CCC(C=O)CC3)cc2cc1NC(=O)c1cccc(C(F)(F)F)n1. The van der Waals surface area contributed by atoms with Gasteiger partial charge in [-0.2, -0.15) is 18.3 Å². The molecule has 2 aromatic heterocycles. The number of fused-ring (bicyclic) bond motifs is 1. The zero-order valence-corrected chi connectivity index (χ0v) is 18.3. The van der Waals surface area contributed by atoms with Gasteiger partial charge in [-0.05, 0) is 49.9 Å². The van der Waals surface area contributed by atoms with E-state index in [2.05, 4.69) is 10.3 Å². The zero-order valence-electron chi connectivity index (χ0n) is 18.3. The van der Waals surface area contributed by atoms with E-state index in [1.165, 1.54) is 6.07 Å². The fourth-order valence-electron chi connectivity index (χ4n) is 4.14. The first-order valence-electron chi connectivity index (χ1n) is 10.7. The van der Waals surface area contributed by atoms with Crippen LogP contribution in [-0.4, -0.2) is 41.1 Å². The summed E-state index contributed by atoms with van der Waals surface area (Å²) in [6.45, 7) is 0. The lowest BCUT2D eigenvalue weighted by atomic mass is 9.87. The van der Waals surface area contributed by atoms with E-state index in [0.29, 0.717) is 11.4 Å². The topological polar surface area (TPSA) is 80.1 Å². The molecule has 0 bridgehead atoms. The molecule has 0 atom stereocenters. The van der Waals surface area contributed by atoms with Crippen LogP contribution in [0.25, 0.3) is 10.9 Å². The van der Waals surface area contributed by atoms with E-state index < -0.39 is 17.8 Å². The lowest BCUT2D eigenvalue weighted by Gasteiger charge is -2.25. The van der Waals surface area contributed by atoms with Crippen molar-refractivity contribution in [3.05, 3.63) is 47.9 Å². The summed E-state index contributed by atoms with van der Waals surface area (Å²) in [7, 11) is 3.61. The van der Waals surface area contributed by atoms with Crippen molar-refractivity contribution in [2.45, 2.75) is 37.9 Å². The Labute approximate surface area is 188 Å². The second kappa shape index (κ2) is 8.84. The van der Waals surface area contributed by atoms with Crippen LogP contribution < -0.4 is 10.2 Å². The Morgan fingerprint density at radius 3 is 2.55 bits per heavy atom. The average Bonchev–Trinajstić information content (AvgIpc) is 3.21. The Morgan fingerprint density at radius 1 is 1.18 bits per heavy atom. The van der Waals surface area contributed by atoms with Gasteiger partial charge in [-0.15, -0.1) is 0 Å². The van der Waals surface area contributed by atoms with Crippen LogP contribution >= 0.6 is 0 Å². The van der Waals surface area contributed by atoms with Crippen molar-refractivity contribution in [3.63, 3.8) is 0 Å². The second-order valence-corrected chi connectivity index (χ2v) is 8.50. The Morgan fingerprint density at radius 2 is 1.91 bits per heavy atom. The number of nitrogens with one attached hydrogen (secondary N) is 1. The molecule has 1 saturated carbocycles. The highest BCUT2D eigenvalue weighted by atomic mass is 19.4. The number of hydrogen-bond donors (Lipinski definition) is 1. The standard InChI is InChI=1S/C23H24F3N5O2/c1-30(2)20-11-18-15(12-31(29-18)16-8-6-14(13-32)7-9-16)10-19(20)28-22(33)17-4-3-5-21(27-17)23(24,25)26/h3-5,10-14,16H,6-9H2,1-2H3,(H,28,33). The maximum Gasteiger partial charge on any atom is 0.433 e. The number of alkyl halides is 3. The van der Waals surface area contributed by atoms with Gasteiger partial charge in [-0.1, -0.05) is 6.07 Å². The van der Waals surface area contributed by atoms with Crippen molar-refractivity contribution >= 4 is 34.5 Å². The van der Waals surface area contributed by atoms with Gasteiger partial charge in [0.2, 0.25) is 0 Å². The van der Waals surface area contributed by atoms with E-state index in [9.17, 15) is 22.8 Å². The molecule has 0 unspecified atom stereocenters. The fraction of sp³-hybridized carbons (Fsp3) is 0.391. The number of carbonyl (C=O) groups excluding carboxylic acids is 2. The third-order valence-electron chi connectivity index (χ3n) is 5.95. The van der Waals surface area contributed by atoms with Crippen molar-refractivity contribution in [2.24, 2.45) is 5.92 Å². The molecule has 0 saturated heterocycles. The van der Waals surface area contributed by atoms with Crippen LogP contribution in [0.4, 0.5) is 24.5 Å². The third-order valence-corrected chi connectivity index (χ3v) is 5.95. The molecule has 1 aromatic carbocycles. The number of aldehydes is 1. The van der Waals surface area contributed by atoms with E-state index in [-0.39, 0.29) is 17.7 Å². The first-order valence-corrected chi connectivity index (χ1v) is 10.7. The number of hydrogen-bond acceptors (Lipinski definition) is 5. The second-order valence-electron chi connectivity index (χ2n) is 8.50. The molecule has 0 aliphatic heterocycles. The summed E-state index contributed by atoms with van der Waals surface area (Å²) in [4.78, 5) is 29.0. The zero-order chi connectivity index (χ0) is 23.8. The van der Waals surface area contributed by atoms with Gasteiger partial charge in [-0.25, -0.2) is 4.98 Å². The van der Waals surface area contributed by atoms with Gasteiger partial charge in [0, 0.05) is 31.6 Å². The Kier molecular flexibility index (Phi) is 6.09. The minimum atomic E-state index is -4.64. The summed E-state index contributed by atoms with van der Waals surface area (Å²) in [5, 5.41) is 8.19. The third kappa shape index (κ3) is 4.84. The highest BCUT2D eigenvalue weighted by Crippen LogP contribution is 2.35. The van der Waals surface area contributed by atoms with Gasteiger partial charge in [0.1, 0.15) is 17.7 Å². The predicted octanol–water partition coefficient (Wildman–Crippen LogP) is 4.70. The van der Waals surface area contributed by atoms with E-state index in [1.54, 1.807) is 25.1 Å². The molecule has 1 amide bonds. The van der Waals surface area contributed by atoms with Crippen LogP contribution in [0.1, 0.15) is 47.9 Å². The van der Waals surface area contributed by atoms with Crippen molar-refractivity contribution in [3.8, 4) is 0 Å². The van der Waals surface area contributed by atoms with Gasteiger partial charge in [-0.3, -0.25) is 9.48 Å². The molecule has 4 rings (SSSR count). The average molecular weight is 459 g/mol. The van der Waals surface area contributed by atoms with Gasteiger partial charge in [0.15, 0.2) is 0 Å². The maximum atomic E-state index is 13.0. The number of rotatable bonds is 5. The highest BCUT2D eigenvalue weighted by Gasteiger charge is 2.33. The van der Waals surface area contributed by atoms with Crippen LogP contribution in [0.5, 0.6) is 0 Å². The molecule has 33 heavy (non-hydrogen) atoms. The Bertz CT molecular complexity index is 1180. The smallest absolute Gasteiger partial charge is 0.376 e. The molecule has 10 heteroatoms. The molecular formula is C23H24F3N5O2. The summed E-state index contributed by atoms with van der Waals surface area (Å²) >= 11 is 0. The van der Waals surface area contributed by atoms with Crippen LogP contribution in [0.3, 0.4) is 0 Å². The molecular weight excluding hydrogens is 435 g/mol. The lowest BCUT2D eigenvalue weighted by molar-refractivity contribution is -0.141. The van der Waals surface area contributed by atoms with Gasteiger partial charge in [0.25, 0.3) is 5.91 Å².